The zero-order valence-electron chi connectivity index (χ0n) is 10.3. The molecule has 1 fully saturated rings. The Morgan fingerprint density at radius 3 is 3.00 bits per heavy atom. The van der Waals surface area contributed by atoms with Gasteiger partial charge in [-0.15, -0.1) is 11.3 Å². The third-order valence-corrected chi connectivity index (χ3v) is 4.06. The Bertz CT molecular complexity index is 390. The van der Waals surface area contributed by atoms with Crippen molar-refractivity contribution < 1.29 is 0 Å². The minimum atomic E-state index is 0.778. The van der Waals surface area contributed by atoms with E-state index in [4.69, 9.17) is 5.26 Å². The molecule has 0 unspecified atom stereocenters. The molecular formula is C13H19N3S. The number of nitriles is 1. The standard InChI is InChI=1S/C13H19N3S/c1-2-16(12-3-4-12)6-5-15-9-13-7-11(8-14)10-17-13/h7,10,12,15H,2-6,9H2,1H3. The van der Waals surface area contributed by atoms with Gasteiger partial charge in [-0.1, -0.05) is 6.92 Å². The lowest BCUT2D eigenvalue weighted by Crippen LogP contribution is -2.33. The Morgan fingerprint density at radius 1 is 1.59 bits per heavy atom. The minimum absolute atomic E-state index is 0.778. The van der Waals surface area contributed by atoms with Gasteiger partial charge in [0.15, 0.2) is 0 Å². The van der Waals surface area contributed by atoms with Crippen LogP contribution in [0, 0.1) is 11.3 Å². The molecule has 0 spiro atoms. The first-order chi connectivity index (χ1) is 8.33. The van der Waals surface area contributed by atoms with Crippen LogP contribution in [-0.2, 0) is 6.54 Å². The van der Waals surface area contributed by atoms with E-state index in [0.717, 1.165) is 37.8 Å². The molecule has 2 rings (SSSR count). The summed E-state index contributed by atoms with van der Waals surface area (Å²) in [6.07, 6.45) is 2.76. The predicted molar refractivity (Wildman–Crippen MR) is 71.0 cm³/mol. The zero-order valence-corrected chi connectivity index (χ0v) is 11.1. The molecule has 1 aliphatic carbocycles. The van der Waals surface area contributed by atoms with Crippen molar-refractivity contribution in [1.29, 1.82) is 5.26 Å². The zero-order chi connectivity index (χ0) is 12.1. The molecule has 1 saturated carbocycles. The summed E-state index contributed by atoms with van der Waals surface area (Å²) < 4.78 is 0. The maximum atomic E-state index is 8.72. The van der Waals surface area contributed by atoms with Crippen LogP contribution in [0.1, 0.15) is 30.2 Å². The molecule has 1 heterocycles. The molecule has 1 aliphatic rings. The highest BCUT2D eigenvalue weighted by Crippen LogP contribution is 2.25. The Hall–Kier alpha value is -0.890. The fraction of sp³-hybridized carbons (Fsp3) is 0.615. The SMILES string of the molecule is CCN(CCNCc1cc(C#N)cs1)C1CC1. The molecule has 3 nitrogen and oxygen atoms in total. The molecule has 1 N–H and O–H groups in total. The number of hydrogen-bond donors (Lipinski definition) is 1. The summed E-state index contributed by atoms with van der Waals surface area (Å²) in [6.45, 7) is 6.44. The van der Waals surface area contributed by atoms with Gasteiger partial charge in [-0.2, -0.15) is 5.26 Å². The molecule has 1 aromatic rings. The maximum Gasteiger partial charge on any atom is 0.100 e. The summed E-state index contributed by atoms with van der Waals surface area (Å²) in [5.74, 6) is 0. The molecule has 17 heavy (non-hydrogen) atoms. The van der Waals surface area contributed by atoms with Gasteiger partial charge >= 0.3 is 0 Å². The van der Waals surface area contributed by atoms with Crippen LogP contribution in [0.25, 0.3) is 0 Å². The summed E-state index contributed by atoms with van der Waals surface area (Å²) in [5, 5.41) is 14.1. The van der Waals surface area contributed by atoms with Gasteiger partial charge in [0.2, 0.25) is 0 Å². The number of likely N-dealkylation sites (N-methyl/N-ethyl adjacent to an activating group) is 1. The van der Waals surface area contributed by atoms with E-state index in [9.17, 15) is 0 Å². The smallest absolute Gasteiger partial charge is 0.100 e. The van der Waals surface area contributed by atoms with Crippen LogP contribution < -0.4 is 5.32 Å². The van der Waals surface area contributed by atoms with E-state index in [1.54, 1.807) is 11.3 Å². The van der Waals surface area contributed by atoms with Gasteiger partial charge < -0.3 is 5.32 Å². The van der Waals surface area contributed by atoms with Gasteiger partial charge in [0.25, 0.3) is 0 Å². The Labute approximate surface area is 107 Å². The highest BCUT2D eigenvalue weighted by atomic mass is 32.1. The summed E-state index contributed by atoms with van der Waals surface area (Å²) in [6, 6.07) is 4.99. The molecule has 4 heteroatoms. The van der Waals surface area contributed by atoms with Gasteiger partial charge in [0, 0.05) is 35.9 Å². The molecule has 0 bridgehead atoms. The van der Waals surface area contributed by atoms with Crippen molar-refractivity contribution in [3.05, 3.63) is 21.9 Å². The van der Waals surface area contributed by atoms with Crippen LogP contribution in [0.4, 0.5) is 0 Å². The quantitative estimate of drug-likeness (QED) is 0.753. The van der Waals surface area contributed by atoms with Gasteiger partial charge in [-0.3, -0.25) is 4.90 Å². The second-order valence-electron chi connectivity index (χ2n) is 4.45. The average molecular weight is 249 g/mol. The van der Waals surface area contributed by atoms with Crippen LogP contribution >= 0.6 is 11.3 Å². The first-order valence-corrected chi connectivity index (χ1v) is 7.13. The van der Waals surface area contributed by atoms with Gasteiger partial charge in [0.05, 0.1) is 5.56 Å². The summed E-state index contributed by atoms with van der Waals surface area (Å²) in [5.41, 5.74) is 0.778. The molecule has 0 saturated heterocycles. The van der Waals surface area contributed by atoms with Crippen molar-refractivity contribution in [2.45, 2.75) is 32.4 Å². The van der Waals surface area contributed by atoms with E-state index in [1.807, 2.05) is 11.4 Å². The number of rotatable bonds is 7. The van der Waals surface area contributed by atoms with Crippen LogP contribution in [0.5, 0.6) is 0 Å². The third kappa shape index (κ3) is 3.81. The highest BCUT2D eigenvalue weighted by Gasteiger charge is 2.26. The number of hydrogen-bond acceptors (Lipinski definition) is 4. The minimum Gasteiger partial charge on any atom is -0.311 e. The summed E-state index contributed by atoms with van der Waals surface area (Å²) >= 11 is 1.66. The van der Waals surface area contributed by atoms with Crippen LogP contribution in [0.2, 0.25) is 0 Å². The highest BCUT2D eigenvalue weighted by molar-refractivity contribution is 7.10. The lowest BCUT2D eigenvalue weighted by Gasteiger charge is -2.19. The lowest BCUT2D eigenvalue weighted by atomic mass is 10.3. The topological polar surface area (TPSA) is 39.1 Å². The van der Waals surface area contributed by atoms with Crippen molar-refractivity contribution >= 4 is 11.3 Å². The summed E-state index contributed by atoms with van der Waals surface area (Å²) in [7, 11) is 0. The van der Waals surface area contributed by atoms with Crippen molar-refractivity contribution in [2.75, 3.05) is 19.6 Å². The molecule has 0 radical (unpaired) electrons. The van der Waals surface area contributed by atoms with Gasteiger partial charge in [0.1, 0.15) is 6.07 Å². The maximum absolute atomic E-state index is 8.72. The van der Waals surface area contributed by atoms with E-state index < -0.39 is 0 Å². The van der Waals surface area contributed by atoms with Crippen LogP contribution in [0.3, 0.4) is 0 Å². The van der Waals surface area contributed by atoms with E-state index >= 15 is 0 Å². The normalized spacial score (nSPS) is 15.1. The molecule has 1 aromatic heterocycles. The van der Waals surface area contributed by atoms with Crippen molar-refractivity contribution in [3.63, 3.8) is 0 Å². The van der Waals surface area contributed by atoms with Crippen molar-refractivity contribution in [2.24, 2.45) is 0 Å². The average Bonchev–Trinajstić information content (AvgIpc) is 3.08. The second kappa shape index (κ2) is 6.15. The fourth-order valence-electron chi connectivity index (χ4n) is 2.00. The molecular weight excluding hydrogens is 230 g/mol. The third-order valence-electron chi connectivity index (χ3n) is 3.13. The number of thiophene rings is 1. The molecule has 0 aromatic carbocycles. The number of nitrogens with one attached hydrogen (secondary N) is 1. The second-order valence-corrected chi connectivity index (χ2v) is 5.45. The van der Waals surface area contributed by atoms with Gasteiger partial charge in [-0.25, -0.2) is 0 Å². The summed E-state index contributed by atoms with van der Waals surface area (Å²) in [4.78, 5) is 3.79. The Balaban J connectivity index is 1.64. The Kier molecular flexibility index (Phi) is 4.55. The molecule has 92 valence electrons. The molecule has 0 atom stereocenters. The fourth-order valence-corrected chi connectivity index (χ4v) is 2.78. The first kappa shape index (κ1) is 12.6. The van der Waals surface area contributed by atoms with Crippen LogP contribution in [0.15, 0.2) is 11.4 Å². The molecule has 0 amide bonds. The van der Waals surface area contributed by atoms with Crippen molar-refractivity contribution in [3.8, 4) is 6.07 Å². The van der Waals surface area contributed by atoms with E-state index in [-0.39, 0.29) is 0 Å². The van der Waals surface area contributed by atoms with Crippen LogP contribution in [-0.4, -0.2) is 30.6 Å². The van der Waals surface area contributed by atoms with E-state index in [1.165, 1.54) is 17.7 Å². The Morgan fingerprint density at radius 2 is 2.41 bits per heavy atom. The predicted octanol–water partition coefficient (Wildman–Crippen LogP) is 2.19. The largest absolute Gasteiger partial charge is 0.311 e. The van der Waals surface area contributed by atoms with Gasteiger partial charge in [-0.05, 0) is 25.5 Å². The molecule has 0 aliphatic heterocycles. The van der Waals surface area contributed by atoms with E-state index in [0.29, 0.717) is 0 Å². The lowest BCUT2D eigenvalue weighted by molar-refractivity contribution is 0.277. The number of nitrogens with zero attached hydrogens (tertiary/aromatic N) is 2. The van der Waals surface area contributed by atoms with Crippen molar-refractivity contribution in [1.82, 2.24) is 10.2 Å². The first-order valence-electron chi connectivity index (χ1n) is 6.25. The monoisotopic (exact) mass is 249 g/mol. The van der Waals surface area contributed by atoms with E-state index in [2.05, 4.69) is 23.2 Å².